The molecule has 0 spiro atoms. The highest BCUT2D eigenvalue weighted by Gasteiger charge is 2.16. The van der Waals surface area contributed by atoms with Gasteiger partial charge < -0.3 is 30.2 Å². The average molecular weight is 545 g/mol. The highest BCUT2D eigenvalue weighted by molar-refractivity contribution is 5.99. The van der Waals surface area contributed by atoms with E-state index in [1.165, 1.54) is 6.07 Å². The van der Waals surface area contributed by atoms with Crippen LogP contribution in [0.1, 0.15) is 0 Å². The summed E-state index contributed by atoms with van der Waals surface area (Å²) in [7, 11) is 0. The molecule has 0 atom stereocenters. The summed E-state index contributed by atoms with van der Waals surface area (Å²) in [6, 6.07) is 18.4. The lowest BCUT2D eigenvalue weighted by atomic mass is 10.0. The van der Waals surface area contributed by atoms with Gasteiger partial charge >= 0.3 is 0 Å². The molecule has 0 bridgehead atoms. The molecule has 10 heteroatoms. The van der Waals surface area contributed by atoms with Gasteiger partial charge in [-0.1, -0.05) is 12.1 Å². The third-order valence-electron chi connectivity index (χ3n) is 7.26. The minimum Gasteiger partial charge on any atom is -0.492 e. The highest BCUT2D eigenvalue weighted by Crippen LogP contribution is 2.34. The second-order valence-corrected chi connectivity index (χ2v) is 9.85. The van der Waals surface area contributed by atoms with E-state index in [1.807, 2.05) is 30.3 Å². The van der Waals surface area contributed by atoms with Gasteiger partial charge in [0.25, 0.3) is 0 Å². The lowest BCUT2D eigenvalue weighted by molar-refractivity contribution is 0.0322. The second kappa shape index (κ2) is 12.0. The smallest absolute Gasteiger partial charge is 0.229 e. The van der Waals surface area contributed by atoms with Crippen LogP contribution in [-0.4, -0.2) is 80.6 Å². The standard InChI is InChI=1S/C30H33FN6O3/c31-27-9-8-23(40-19-12-36-10-15-38-16-11-36)20-26(27)24-2-1-3-25-28(24)34-30(35-29(25)32)33-21-4-6-22(7-5-21)37-13-17-39-18-14-37/h1-9,20H,10-19H2,(H3,32,33,34,35). The largest absolute Gasteiger partial charge is 0.492 e. The summed E-state index contributed by atoms with van der Waals surface area (Å²) >= 11 is 0. The summed E-state index contributed by atoms with van der Waals surface area (Å²) in [6.45, 7) is 7.77. The zero-order valence-corrected chi connectivity index (χ0v) is 22.3. The number of nitrogens with zero attached hydrogens (tertiary/aromatic N) is 4. The zero-order valence-electron chi connectivity index (χ0n) is 22.3. The maximum atomic E-state index is 15.2. The first-order valence-electron chi connectivity index (χ1n) is 13.6. The third kappa shape index (κ3) is 5.94. The van der Waals surface area contributed by atoms with E-state index in [1.54, 1.807) is 12.1 Å². The van der Waals surface area contributed by atoms with Gasteiger partial charge in [0, 0.05) is 60.6 Å². The van der Waals surface area contributed by atoms with Gasteiger partial charge in [-0.2, -0.15) is 4.98 Å². The molecule has 0 unspecified atom stereocenters. The quantitative estimate of drug-likeness (QED) is 0.336. The first kappa shape index (κ1) is 26.2. The fourth-order valence-electron chi connectivity index (χ4n) is 5.07. The number of nitrogens with one attached hydrogen (secondary N) is 1. The number of para-hydroxylation sites is 1. The van der Waals surface area contributed by atoms with Crippen LogP contribution in [0.2, 0.25) is 0 Å². The molecule has 3 aromatic carbocycles. The minimum atomic E-state index is -0.363. The van der Waals surface area contributed by atoms with Crippen molar-refractivity contribution in [1.82, 2.24) is 14.9 Å². The van der Waals surface area contributed by atoms with E-state index in [-0.39, 0.29) is 5.82 Å². The molecule has 3 heterocycles. The Morgan fingerprint density at radius 2 is 1.62 bits per heavy atom. The van der Waals surface area contributed by atoms with Gasteiger partial charge in [-0.25, -0.2) is 9.37 Å². The lowest BCUT2D eigenvalue weighted by Gasteiger charge is -2.28. The fourth-order valence-corrected chi connectivity index (χ4v) is 5.07. The number of halogens is 1. The Labute approximate surface area is 232 Å². The van der Waals surface area contributed by atoms with Crippen LogP contribution in [-0.2, 0) is 9.47 Å². The van der Waals surface area contributed by atoms with Crippen LogP contribution in [0.5, 0.6) is 5.75 Å². The van der Waals surface area contributed by atoms with E-state index in [9.17, 15) is 0 Å². The number of benzene rings is 3. The van der Waals surface area contributed by atoms with E-state index in [0.29, 0.717) is 46.2 Å². The number of hydrogen-bond donors (Lipinski definition) is 2. The summed E-state index contributed by atoms with van der Waals surface area (Å²) in [6.07, 6.45) is 0. The van der Waals surface area contributed by atoms with Gasteiger partial charge in [-0.15, -0.1) is 0 Å². The van der Waals surface area contributed by atoms with E-state index in [0.717, 1.165) is 70.5 Å². The topological polar surface area (TPSA) is 98.0 Å². The van der Waals surface area contributed by atoms with E-state index >= 15 is 4.39 Å². The lowest BCUT2D eigenvalue weighted by Crippen LogP contribution is -2.38. The van der Waals surface area contributed by atoms with Crippen LogP contribution in [0.3, 0.4) is 0 Å². The minimum absolute atomic E-state index is 0.317. The number of morpholine rings is 2. The van der Waals surface area contributed by atoms with Gasteiger partial charge in [0.1, 0.15) is 24.0 Å². The third-order valence-corrected chi connectivity index (χ3v) is 7.26. The number of fused-ring (bicyclic) bond motifs is 1. The van der Waals surface area contributed by atoms with Crippen molar-refractivity contribution >= 4 is 34.0 Å². The monoisotopic (exact) mass is 544 g/mol. The zero-order chi connectivity index (χ0) is 27.3. The molecule has 2 fully saturated rings. The number of nitrogens with two attached hydrogens (primary N) is 1. The second-order valence-electron chi connectivity index (χ2n) is 9.85. The number of hydrogen-bond acceptors (Lipinski definition) is 9. The number of aromatic nitrogens is 2. The molecule has 2 aliphatic heterocycles. The van der Waals surface area contributed by atoms with E-state index < -0.39 is 0 Å². The average Bonchev–Trinajstić information content (AvgIpc) is 2.99. The Morgan fingerprint density at radius 3 is 2.40 bits per heavy atom. The Hall–Kier alpha value is -3.99. The first-order chi connectivity index (χ1) is 19.6. The van der Waals surface area contributed by atoms with Crippen molar-refractivity contribution in [3.05, 3.63) is 66.5 Å². The molecular weight excluding hydrogens is 511 g/mol. The first-order valence-corrected chi connectivity index (χ1v) is 13.6. The molecule has 3 N–H and O–H groups in total. The molecule has 4 aromatic rings. The maximum Gasteiger partial charge on any atom is 0.229 e. The number of ether oxygens (including phenoxy) is 3. The Balaban J connectivity index is 1.23. The van der Waals surface area contributed by atoms with Crippen LogP contribution < -0.4 is 20.7 Å². The molecule has 2 aliphatic rings. The summed E-state index contributed by atoms with van der Waals surface area (Å²) in [5.41, 5.74) is 9.89. The Morgan fingerprint density at radius 1 is 0.875 bits per heavy atom. The van der Waals surface area contributed by atoms with Crippen molar-refractivity contribution in [2.75, 3.05) is 81.7 Å². The SMILES string of the molecule is Nc1nc(Nc2ccc(N3CCOCC3)cc2)nc2c(-c3cc(OCCN4CCOCC4)ccc3F)cccc12. The Kier molecular flexibility index (Phi) is 7.90. The Bertz CT molecular complexity index is 1460. The fraction of sp³-hybridized carbons (Fsp3) is 0.333. The molecule has 1 aromatic heterocycles. The van der Waals surface area contributed by atoms with Crippen LogP contribution in [0.4, 0.5) is 27.5 Å². The van der Waals surface area contributed by atoms with Crippen molar-refractivity contribution < 1.29 is 18.6 Å². The summed E-state index contributed by atoms with van der Waals surface area (Å²) in [4.78, 5) is 13.8. The van der Waals surface area contributed by atoms with Gasteiger partial charge in [-0.05, 0) is 48.5 Å². The van der Waals surface area contributed by atoms with Crippen molar-refractivity contribution in [2.24, 2.45) is 0 Å². The molecule has 0 aliphatic carbocycles. The molecular formula is C30H33FN6O3. The molecule has 2 saturated heterocycles. The number of rotatable bonds is 8. The van der Waals surface area contributed by atoms with Crippen LogP contribution in [0.25, 0.3) is 22.0 Å². The van der Waals surface area contributed by atoms with E-state index in [4.69, 9.17) is 24.9 Å². The van der Waals surface area contributed by atoms with Gasteiger partial charge in [0.15, 0.2) is 0 Å². The molecule has 40 heavy (non-hydrogen) atoms. The van der Waals surface area contributed by atoms with E-state index in [2.05, 4.69) is 32.2 Å². The molecule has 0 amide bonds. The van der Waals surface area contributed by atoms with Crippen LogP contribution in [0, 0.1) is 5.82 Å². The van der Waals surface area contributed by atoms with Crippen molar-refractivity contribution in [2.45, 2.75) is 0 Å². The number of anilines is 4. The van der Waals surface area contributed by atoms with Crippen LogP contribution in [0.15, 0.2) is 60.7 Å². The summed E-state index contributed by atoms with van der Waals surface area (Å²) in [5, 5.41) is 3.91. The molecule has 9 nitrogen and oxygen atoms in total. The summed E-state index contributed by atoms with van der Waals surface area (Å²) in [5.74, 6) is 0.897. The predicted octanol–water partition coefficient (Wildman–Crippen LogP) is 4.31. The maximum absolute atomic E-state index is 15.2. The molecule has 6 rings (SSSR count). The predicted molar refractivity (Wildman–Crippen MR) is 155 cm³/mol. The molecule has 208 valence electrons. The van der Waals surface area contributed by atoms with Crippen molar-refractivity contribution in [3.8, 4) is 16.9 Å². The van der Waals surface area contributed by atoms with Crippen LogP contribution >= 0.6 is 0 Å². The van der Waals surface area contributed by atoms with Gasteiger partial charge in [0.2, 0.25) is 5.95 Å². The van der Waals surface area contributed by atoms with Gasteiger partial charge in [-0.3, -0.25) is 4.90 Å². The van der Waals surface area contributed by atoms with Crippen molar-refractivity contribution in [3.63, 3.8) is 0 Å². The molecule has 0 radical (unpaired) electrons. The van der Waals surface area contributed by atoms with Gasteiger partial charge in [0.05, 0.1) is 31.9 Å². The van der Waals surface area contributed by atoms with Crippen molar-refractivity contribution in [1.29, 1.82) is 0 Å². The highest BCUT2D eigenvalue weighted by atomic mass is 19.1. The molecule has 0 saturated carbocycles. The summed E-state index contributed by atoms with van der Waals surface area (Å²) < 4.78 is 32.0. The normalized spacial score (nSPS) is 16.3. The number of nitrogen functional groups attached to an aromatic ring is 1.